The maximum Gasteiger partial charge on any atom is 0.273 e. The van der Waals surface area contributed by atoms with Gasteiger partial charge in [-0.05, 0) is 34.7 Å². The van der Waals surface area contributed by atoms with E-state index in [9.17, 15) is 14.0 Å². The molecule has 0 aliphatic rings. The molecule has 1 amide bonds. The molecule has 1 N–H and O–H groups in total. The van der Waals surface area contributed by atoms with Crippen LogP contribution in [0.25, 0.3) is 16.0 Å². The van der Waals surface area contributed by atoms with E-state index in [0.29, 0.717) is 27.7 Å². The Morgan fingerprint density at radius 3 is 2.61 bits per heavy atom. The van der Waals surface area contributed by atoms with Gasteiger partial charge in [-0.2, -0.15) is 0 Å². The number of fused-ring (bicyclic) bond motifs is 3. The lowest BCUT2D eigenvalue weighted by Crippen LogP contribution is -2.25. The van der Waals surface area contributed by atoms with Crippen molar-refractivity contribution in [2.75, 3.05) is 5.75 Å². The van der Waals surface area contributed by atoms with E-state index in [1.165, 1.54) is 39.8 Å². The quantitative estimate of drug-likeness (QED) is 0.360. The number of aromatic nitrogens is 4. The number of hydrogen-bond acceptors (Lipinski definition) is 6. The summed E-state index contributed by atoms with van der Waals surface area (Å²) in [6.07, 6.45) is 0. The van der Waals surface area contributed by atoms with Gasteiger partial charge < -0.3 is 5.32 Å². The van der Waals surface area contributed by atoms with Crippen LogP contribution in [0.2, 0.25) is 0 Å². The van der Waals surface area contributed by atoms with E-state index in [1.54, 1.807) is 16.5 Å². The smallest absolute Gasteiger partial charge is 0.273 e. The average Bonchev–Trinajstić information content (AvgIpc) is 3.48. The van der Waals surface area contributed by atoms with Gasteiger partial charge in [-0.1, -0.05) is 54.2 Å². The fourth-order valence-electron chi connectivity index (χ4n) is 3.49. The van der Waals surface area contributed by atoms with Gasteiger partial charge >= 0.3 is 0 Å². The number of thiophene rings is 1. The number of carbonyl (C=O) groups excluding carboxylic acids is 1. The fraction of sp³-hybridized carbons (Fsp3) is 0.130. The molecular weight excluding hydrogens is 461 g/mol. The molecule has 0 bridgehead atoms. The summed E-state index contributed by atoms with van der Waals surface area (Å²) in [5.74, 6) is 0.0805. The van der Waals surface area contributed by atoms with Gasteiger partial charge in [0.05, 0.1) is 17.8 Å². The average molecular weight is 480 g/mol. The van der Waals surface area contributed by atoms with Crippen molar-refractivity contribution in [3.8, 4) is 0 Å². The SMILES string of the molecule is O=C(CSc1nnc2n(Cc3ccc(F)cc3)c(=O)c3sccc3n12)NCc1ccccc1. The normalized spacial score (nSPS) is 11.3. The summed E-state index contributed by atoms with van der Waals surface area (Å²) in [6, 6.07) is 17.5. The fourth-order valence-corrected chi connectivity index (χ4v) is 5.08. The summed E-state index contributed by atoms with van der Waals surface area (Å²) < 4.78 is 17.2. The molecule has 2 aromatic carbocycles. The third-order valence-corrected chi connectivity index (χ3v) is 6.92. The first-order valence-electron chi connectivity index (χ1n) is 10.1. The van der Waals surface area contributed by atoms with Crippen LogP contribution in [0, 0.1) is 5.82 Å². The van der Waals surface area contributed by atoms with Gasteiger partial charge in [0.1, 0.15) is 10.5 Å². The lowest BCUT2D eigenvalue weighted by Gasteiger charge is -2.10. The highest BCUT2D eigenvalue weighted by Crippen LogP contribution is 2.24. The number of carbonyl (C=O) groups is 1. The summed E-state index contributed by atoms with van der Waals surface area (Å²) in [6.45, 7) is 0.684. The molecule has 5 rings (SSSR count). The van der Waals surface area contributed by atoms with Crippen LogP contribution < -0.4 is 10.9 Å². The maximum atomic E-state index is 13.3. The molecule has 0 spiro atoms. The first-order chi connectivity index (χ1) is 16.1. The van der Waals surface area contributed by atoms with Crippen molar-refractivity contribution >= 4 is 45.0 Å². The predicted octanol–water partition coefficient (Wildman–Crippen LogP) is 3.70. The molecule has 0 aliphatic carbocycles. The molecule has 5 aromatic rings. The molecular formula is C23H18FN5O2S2. The molecule has 0 unspecified atom stereocenters. The zero-order valence-electron chi connectivity index (χ0n) is 17.3. The molecule has 3 heterocycles. The Bertz CT molecular complexity index is 1490. The molecule has 0 saturated carbocycles. The molecule has 0 aliphatic heterocycles. The second-order valence-corrected chi connectivity index (χ2v) is 9.18. The second kappa shape index (κ2) is 9.16. The lowest BCUT2D eigenvalue weighted by atomic mass is 10.2. The van der Waals surface area contributed by atoms with Gasteiger partial charge in [-0.25, -0.2) is 4.39 Å². The van der Waals surface area contributed by atoms with E-state index in [-0.39, 0.29) is 29.6 Å². The van der Waals surface area contributed by atoms with Crippen LogP contribution in [-0.4, -0.2) is 30.8 Å². The Hall–Kier alpha value is -3.50. The van der Waals surface area contributed by atoms with Crippen LogP contribution in [0.15, 0.2) is 76.0 Å². The minimum absolute atomic E-state index is 0.123. The van der Waals surface area contributed by atoms with E-state index >= 15 is 0 Å². The monoisotopic (exact) mass is 479 g/mol. The summed E-state index contributed by atoms with van der Waals surface area (Å²) in [4.78, 5) is 25.5. The Balaban J connectivity index is 1.42. The molecule has 33 heavy (non-hydrogen) atoms. The molecule has 0 fully saturated rings. The number of nitrogens with zero attached hydrogens (tertiary/aromatic N) is 4. The molecule has 3 aromatic heterocycles. The molecule has 10 heteroatoms. The number of rotatable bonds is 7. The minimum atomic E-state index is -0.336. The molecule has 0 atom stereocenters. The molecule has 0 radical (unpaired) electrons. The van der Waals surface area contributed by atoms with Crippen molar-refractivity contribution in [2.45, 2.75) is 18.2 Å². The highest BCUT2D eigenvalue weighted by molar-refractivity contribution is 7.99. The van der Waals surface area contributed by atoms with Crippen LogP contribution in [0.4, 0.5) is 4.39 Å². The Morgan fingerprint density at radius 2 is 1.82 bits per heavy atom. The molecule has 0 saturated heterocycles. The number of hydrogen-bond donors (Lipinski definition) is 1. The van der Waals surface area contributed by atoms with E-state index in [1.807, 2.05) is 41.8 Å². The summed E-state index contributed by atoms with van der Waals surface area (Å²) in [5, 5.41) is 13.8. The largest absolute Gasteiger partial charge is 0.351 e. The number of halogens is 1. The first kappa shape index (κ1) is 21.4. The van der Waals surface area contributed by atoms with Gasteiger partial charge in [-0.3, -0.25) is 18.6 Å². The summed E-state index contributed by atoms with van der Waals surface area (Å²) in [5.41, 5.74) is 2.32. The zero-order chi connectivity index (χ0) is 22.8. The topological polar surface area (TPSA) is 81.3 Å². The van der Waals surface area contributed by atoms with Crippen molar-refractivity contribution in [3.05, 3.63) is 93.3 Å². The first-order valence-corrected chi connectivity index (χ1v) is 12.0. The minimum Gasteiger partial charge on any atom is -0.351 e. The van der Waals surface area contributed by atoms with Gasteiger partial charge in [0.2, 0.25) is 11.7 Å². The van der Waals surface area contributed by atoms with Gasteiger partial charge in [0, 0.05) is 6.54 Å². The van der Waals surface area contributed by atoms with Gasteiger partial charge in [0.25, 0.3) is 5.56 Å². The highest BCUT2D eigenvalue weighted by atomic mass is 32.2. The van der Waals surface area contributed by atoms with Gasteiger partial charge in [-0.15, -0.1) is 21.5 Å². The van der Waals surface area contributed by atoms with Crippen LogP contribution >= 0.6 is 23.1 Å². The zero-order valence-corrected chi connectivity index (χ0v) is 18.9. The Morgan fingerprint density at radius 1 is 1.03 bits per heavy atom. The third-order valence-electron chi connectivity index (χ3n) is 5.10. The van der Waals surface area contributed by atoms with Crippen LogP contribution in [-0.2, 0) is 17.9 Å². The number of benzene rings is 2. The standard InChI is InChI=1S/C23H18FN5O2S2/c24-17-8-6-16(7-9-17)13-28-21(31)20-18(10-11-32-20)29-22(28)26-27-23(29)33-14-19(30)25-12-15-4-2-1-3-5-15/h1-11H,12-14H2,(H,25,30). The number of nitrogens with one attached hydrogen (secondary N) is 1. The van der Waals surface area contributed by atoms with Crippen molar-refractivity contribution in [3.63, 3.8) is 0 Å². The van der Waals surface area contributed by atoms with Crippen molar-refractivity contribution in [1.82, 2.24) is 24.5 Å². The molecule has 7 nitrogen and oxygen atoms in total. The van der Waals surface area contributed by atoms with E-state index in [0.717, 1.165) is 11.1 Å². The number of amides is 1. The predicted molar refractivity (Wildman–Crippen MR) is 127 cm³/mol. The van der Waals surface area contributed by atoms with Crippen molar-refractivity contribution < 1.29 is 9.18 Å². The van der Waals surface area contributed by atoms with E-state index in [2.05, 4.69) is 15.5 Å². The summed E-state index contributed by atoms with van der Waals surface area (Å²) >= 11 is 2.60. The van der Waals surface area contributed by atoms with Gasteiger partial charge in [0.15, 0.2) is 5.16 Å². The van der Waals surface area contributed by atoms with Crippen LogP contribution in [0.5, 0.6) is 0 Å². The van der Waals surface area contributed by atoms with E-state index < -0.39 is 0 Å². The maximum absolute atomic E-state index is 13.3. The summed E-state index contributed by atoms with van der Waals surface area (Å²) in [7, 11) is 0. The van der Waals surface area contributed by atoms with Crippen molar-refractivity contribution in [2.24, 2.45) is 0 Å². The Kier molecular flexibility index (Phi) is 5.93. The third kappa shape index (κ3) is 4.39. The second-order valence-electron chi connectivity index (χ2n) is 7.32. The Labute approximate surface area is 195 Å². The van der Waals surface area contributed by atoms with Crippen LogP contribution in [0.3, 0.4) is 0 Å². The highest BCUT2D eigenvalue weighted by Gasteiger charge is 2.18. The van der Waals surface area contributed by atoms with Crippen molar-refractivity contribution in [1.29, 1.82) is 0 Å². The lowest BCUT2D eigenvalue weighted by molar-refractivity contribution is -0.118. The van der Waals surface area contributed by atoms with E-state index in [4.69, 9.17) is 0 Å². The number of thioether (sulfide) groups is 1. The van der Waals surface area contributed by atoms with Crippen LogP contribution in [0.1, 0.15) is 11.1 Å². The molecule has 166 valence electrons.